The third-order valence-corrected chi connectivity index (χ3v) is 10.1. The van der Waals surface area contributed by atoms with Crippen LogP contribution in [0.2, 0.25) is 0 Å². The van der Waals surface area contributed by atoms with E-state index < -0.39 is 36.9 Å². The Bertz CT molecular complexity index is 812. The molecular formula is C45H85NO5. The molecule has 0 aliphatic rings. The summed E-state index contributed by atoms with van der Waals surface area (Å²) in [5.74, 6) is -0.599. The first kappa shape index (κ1) is 49.5. The van der Waals surface area contributed by atoms with Crippen LogP contribution < -0.4 is 5.32 Å². The maximum atomic E-state index is 12.5. The van der Waals surface area contributed by atoms with Gasteiger partial charge in [-0.15, -0.1) is 0 Å². The molecule has 0 saturated carbocycles. The van der Waals surface area contributed by atoms with Crippen molar-refractivity contribution in [1.82, 2.24) is 5.32 Å². The van der Waals surface area contributed by atoms with Crippen LogP contribution in [-0.4, -0.2) is 57.3 Å². The SMILES string of the molecule is CCCC/C=C/CC/C=C/CC/C=C/CCCC(O)C(O)C(CO)NC(=O)C(O)CCCCCCCCCCCCCCCCCCCCCC. The number of carbonyl (C=O) groups excluding carboxylic acids is 1. The fourth-order valence-electron chi connectivity index (χ4n) is 6.54. The third-order valence-electron chi connectivity index (χ3n) is 10.1. The predicted octanol–water partition coefficient (Wildman–Crippen LogP) is 11.3. The average molecular weight is 720 g/mol. The molecule has 4 unspecified atom stereocenters. The second-order valence-electron chi connectivity index (χ2n) is 15.0. The zero-order chi connectivity index (χ0) is 37.5. The fourth-order valence-corrected chi connectivity index (χ4v) is 6.54. The van der Waals surface area contributed by atoms with Gasteiger partial charge in [0.25, 0.3) is 0 Å². The van der Waals surface area contributed by atoms with Gasteiger partial charge in [0, 0.05) is 0 Å². The molecule has 0 fully saturated rings. The lowest BCUT2D eigenvalue weighted by molar-refractivity contribution is -0.132. The van der Waals surface area contributed by atoms with Crippen LogP contribution >= 0.6 is 0 Å². The maximum Gasteiger partial charge on any atom is 0.249 e. The lowest BCUT2D eigenvalue weighted by Gasteiger charge is -2.27. The van der Waals surface area contributed by atoms with Crippen LogP contribution in [0.3, 0.4) is 0 Å². The van der Waals surface area contributed by atoms with E-state index in [0.29, 0.717) is 19.3 Å². The van der Waals surface area contributed by atoms with Gasteiger partial charge in [-0.25, -0.2) is 0 Å². The van der Waals surface area contributed by atoms with Gasteiger partial charge in [-0.1, -0.05) is 192 Å². The zero-order valence-electron chi connectivity index (χ0n) is 33.6. The van der Waals surface area contributed by atoms with Crippen LogP contribution in [0.15, 0.2) is 36.5 Å². The van der Waals surface area contributed by atoms with E-state index >= 15 is 0 Å². The summed E-state index contributed by atoms with van der Waals surface area (Å²) < 4.78 is 0. The van der Waals surface area contributed by atoms with Crippen LogP contribution in [-0.2, 0) is 4.79 Å². The highest BCUT2D eigenvalue weighted by Crippen LogP contribution is 2.16. The summed E-state index contributed by atoms with van der Waals surface area (Å²) >= 11 is 0. The molecule has 1 amide bonds. The lowest BCUT2D eigenvalue weighted by atomic mass is 10.00. The van der Waals surface area contributed by atoms with Gasteiger partial charge in [0.15, 0.2) is 0 Å². The van der Waals surface area contributed by atoms with Crippen LogP contribution in [0.5, 0.6) is 0 Å². The molecule has 0 aliphatic carbocycles. The van der Waals surface area contributed by atoms with Gasteiger partial charge in [-0.3, -0.25) is 4.79 Å². The second-order valence-corrected chi connectivity index (χ2v) is 15.0. The molecule has 0 aromatic rings. The largest absolute Gasteiger partial charge is 0.394 e. The monoisotopic (exact) mass is 720 g/mol. The standard InChI is InChI=1S/C45H85NO5/c1-3-5-7-9-11-13-15-17-19-20-21-22-23-25-27-29-31-33-35-37-39-43(49)45(51)46-41(40-47)44(50)42(48)38-36-34-32-30-28-26-24-18-16-14-12-10-8-6-4-2/h10,12,18,24,30,32,41-44,47-50H,3-9,11,13-17,19-23,25-29,31,33-40H2,1-2H3,(H,46,51)/b12-10+,24-18+,32-30+. The van der Waals surface area contributed by atoms with Gasteiger partial charge < -0.3 is 25.7 Å². The van der Waals surface area contributed by atoms with Crippen molar-refractivity contribution in [1.29, 1.82) is 0 Å². The number of hydrogen-bond donors (Lipinski definition) is 5. The number of aliphatic hydroxyl groups is 4. The average Bonchev–Trinajstić information content (AvgIpc) is 3.13. The molecule has 6 heteroatoms. The first-order valence-corrected chi connectivity index (χ1v) is 21.9. The summed E-state index contributed by atoms with van der Waals surface area (Å²) in [6.07, 6.45) is 46.0. The number of aliphatic hydroxyl groups excluding tert-OH is 4. The summed E-state index contributed by atoms with van der Waals surface area (Å²) in [5.41, 5.74) is 0. The maximum absolute atomic E-state index is 12.5. The molecule has 0 spiro atoms. The minimum atomic E-state index is -1.29. The molecule has 5 N–H and O–H groups in total. The predicted molar refractivity (Wildman–Crippen MR) is 219 cm³/mol. The van der Waals surface area contributed by atoms with E-state index in [1.807, 2.05) is 0 Å². The van der Waals surface area contributed by atoms with Crippen LogP contribution in [0, 0.1) is 0 Å². The highest BCUT2D eigenvalue weighted by atomic mass is 16.3. The number of unbranched alkanes of at least 4 members (excludes halogenated alkanes) is 24. The van der Waals surface area contributed by atoms with Crippen LogP contribution in [0.25, 0.3) is 0 Å². The fraction of sp³-hybridized carbons (Fsp3) is 0.844. The van der Waals surface area contributed by atoms with E-state index in [0.717, 1.165) is 51.4 Å². The summed E-state index contributed by atoms with van der Waals surface area (Å²) in [7, 11) is 0. The van der Waals surface area contributed by atoms with Gasteiger partial charge in [-0.05, 0) is 57.8 Å². The van der Waals surface area contributed by atoms with Crippen molar-refractivity contribution in [3.63, 3.8) is 0 Å². The van der Waals surface area contributed by atoms with Gasteiger partial charge in [0.1, 0.15) is 12.2 Å². The molecule has 0 saturated heterocycles. The van der Waals surface area contributed by atoms with Crippen molar-refractivity contribution >= 4 is 5.91 Å². The number of allylic oxidation sites excluding steroid dienone is 6. The third kappa shape index (κ3) is 34.1. The van der Waals surface area contributed by atoms with Gasteiger partial charge in [-0.2, -0.15) is 0 Å². The normalized spacial score (nSPS) is 14.5. The Hall–Kier alpha value is -1.47. The Morgan fingerprint density at radius 3 is 1.22 bits per heavy atom. The van der Waals surface area contributed by atoms with E-state index in [9.17, 15) is 25.2 Å². The number of carbonyl (C=O) groups is 1. The van der Waals surface area contributed by atoms with E-state index in [1.165, 1.54) is 128 Å². The Balaban J connectivity index is 3.78. The second kappa shape index (κ2) is 39.7. The molecule has 0 rings (SSSR count). The molecule has 51 heavy (non-hydrogen) atoms. The molecule has 6 nitrogen and oxygen atoms in total. The topological polar surface area (TPSA) is 110 Å². The summed E-state index contributed by atoms with van der Waals surface area (Å²) in [4.78, 5) is 12.5. The van der Waals surface area contributed by atoms with E-state index in [4.69, 9.17) is 0 Å². The lowest BCUT2D eigenvalue weighted by Crippen LogP contribution is -2.53. The molecule has 4 atom stereocenters. The smallest absolute Gasteiger partial charge is 0.249 e. The molecule has 300 valence electrons. The highest BCUT2D eigenvalue weighted by molar-refractivity contribution is 5.80. The van der Waals surface area contributed by atoms with Gasteiger partial charge >= 0.3 is 0 Å². The van der Waals surface area contributed by atoms with Crippen molar-refractivity contribution in [2.75, 3.05) is 6.61 Å². The number of nitrogens with one attached hydrogen (secondary N) is 1. The molecule has 0 radical (unpaired) electrons. The summed E-state index contributed by atoms with van der Waals surface area (Å²) in [5, 5.41) is 43.6. The molecule has 0 aromatic carbocycles. The Kier molecular flexibility index (Phi) is 38.6. The molecular weight excluding hydrogens is 634 g/mol. The van der Waals surface area contributed by atoms with Crippen molar-refractivity contribution in [3.05, 3.63) is 36.5 Å². The van der Waals surface area contributed by atoms with Crippen molar-refractivity contribution in [2.24, 2.45) is 0 Å². The van der Waals surface area contributed by atoms with Crippen molar-refractivity contribution in [3.8, 4) is 0 Å². The Morgan fingerprint density at radius 1 is 0.471 bits per heavy atom. The van der Waals surface area contributed by atoms with Crippen LogP contribution in [0.1, 0.15) is 213 Å². The van der Waals surface area contributed by atoms with Crippen LogP contribution in [0.4, 0.5) is 0 Å². The molecule has 0 bridgehead atoms. The number of hydrogen-bond acceptors (Lipinski definition) is 5. The number of rotatable bonds is 39. The quantitative estimate of drug-likeness (QED) is 0.0321. The highest BCUT2D eigenvalue weighted by Gasteiger charge is 2.28. The zero-order valence-corrected chi connectivity index (χ0v) is 33.6. The van der Waals surface area contributed by atoms with Gasteiger partial charge in [0.2, 0.25) is 5.91 Å². The molecule has 0 aliphatic heterocycles. The number of amides is 1. The van der Waals surface area contributed by atoms with Crippen molar-refractivity contribution in [2.45, 2.75) is 237 Å². The molecule has 0 heterocycles. The minimum absolute atomic E-state index is 0.361. The Labute approximate surface area is 316 Å². The Morgan fingerprint density at radius 2 is 0.824 bits per heavy atom. The first-order valence-electron chi connectivity index (χ1n) is 21.9. The van der Waals surface area contributed by atoms with Gasteiger partial charge in [0.05, 0.1) is 18.8 Å². The van der Waals surface area contributed by atoms with E-state index in [1.54, 1.807) is 0 Å². The summed E-state index contributed by atoms with van der Waals surface area (Å²) in [6, 6.07) is -1.01. The van der Waals surface area contributed by atoms with Crippen molar-refractivity contribution < 1.29 is 25.2 Å². The minimum Gasteiger partial charge on any atom is -0.394 e. The molecule has 0 aromatic heterocycles. The van der Waals surface area contributed by atoms with E-state index in [2.05, 4.69) is 55.6 Å². The first-order chi connectivity index (χ1) is 25.0. The summed E-state index contributed by atoms with van der Waals surface area (Å²) in [6.45, 7) is 3.99. The van der Waals surface area contributed by atoms with E-state index in [-0.39, 0.29) is 0 Å².